The standard InChI is InChI=1S/C19H23FN4O/c20-16-5-3-15(4-6-16)12-24-10-1-7-19(14-24)11-17(13-25-19)23-18-21-8-2-9-22-18/h2-6,8-9,17H,1,7,10-14H2,(H,21,22,23)/t17-,19+/m1/s1. The summed E-state index contributed by atoms with van der Waals surface area (Å²) in [5.41, 5.74) is 1.05. The fraction of sp³-hybridized carbons (Fsp3) is 0.474. The van der Waals surface area contributed by atoms with Crippen LogP contribution in [0.25, 0.3) is 0 Å². The molecule has 0 radical (unpaired) electrons. The predicted molar refractivity (Wildman–Crippen MR) is 93.7 cm³/mol. The molecule has 2 aromatic rings. The molecule has 2 atom stereocenters. The largest absolute Gasteiger partial charge is 0.371 e. The van der Waals surface area contributed by atoms with Crippen LogP contribution in [0.4, 0.5) is 10.3 Å². The summed E-state index contributed by atoms with van der Waals surface area (Å²) < 4.78 is 19.3. The van der Waals surface area contributed by atoms with Crippen molar-refractivity contribution in [3.05, 3.63) is 54.1 Å². The highest BCUT2D eigenvalue weighted by molar-refractivity contribution is 5.25. The molecule has 6 heteroatoms. The molecule has 2 fully saturated rings. The van der Waals surface area contributed by atoms with E-state index in [1.54, 1.807) is 12.4 Å². The van der Waals surface area contributed by atoms with Crippen molar-refractivity contribution >= 4 is 5.95 Å². The fourth-order valence-electron chi connectivity index (χ4n) is 3.95. The second-order valence-electron chi connectivity index (χ2n) is 7.05. The number of hydrogen-bond donors (Lipinski definition) is 1. The van der Waals surface area contributed by atoms with Crippen molar-refractivity contribution in [1.82, 2.24) is 14.9 Å². The third-order valence-electron chi connectivity index (χ3n) is 5.05. The van der Waals surface area contributed by atoms with Gasteiger partial charge in [-0.3, -0.25) is 4.90 Å². The molecule has 4 rings (SSSR count). The summed E-state index contributed by atoms with van der Waals surface area (Å²) in [6.45, 7) is 3.49. The van der Waals surface area contributed by atoms with E-state index >= 15 is 0 Å². The monoisotopic (exact) mass is 342 g/mol. The van der Waals surface area contributed by atoms with Crippen molar-refractivity contribution < 1.29 is 9.13 Å². The number of aromatic nitrogens is 2. The Morgan fingerprint density at radius 2 is 2.04 bits per heavy atom. The fourth-order valence-corrected chi connectivity index (χ4v) is 3.95. The summed E-state index contributed by atoms with van der Waals surface area (Å²) >= 11 is 0. The molecule has 1 N–H and O–H groups in total. The van der Waals surface area contributed by atoms with Gasteiger partial charge in [-0.15, -0.1) is 0 Å². The molecule has 3 heterocycles. The number of nitrogens with one attached hydrogen (secondary N) is 1. The van der Waals surface area contributed by atoms with E-state index < -0.39 is 0 Å². The molecule has 1 spiro atoms. The van der Waals surface area contributed by atoms with Gasteiger partial charge in [-0.1, -0.05) is 12.1 Å². The van der Waals surface area contributed by atoms with Crippen LogP contribution in [0, 0.1) is 5.82 Å². The Hall–Kier alpha value is -2.05. The molecule has 0 saturated carbocycles. The normalized spacial score (nSPS) is 26.8. The first-order chi connectivity index (χ1) is 12.2. The molecule has 5 nitrogen and oxygen atoms in total. The quantitative estimate of drug-likeness (QED) is 0.926. The SMILES string of the molecule is Fc1ccc(CN2CCC[C@]3(C[C@@H](Nc4ncccn4)CO3)C2)cc1. The lowest BCUT2D eigenvalue weighted by molar-refractivity contribution is -0.0533. The van der Waals surface area contributed by atoms with Crippen LogP contribution < -0.4 is 5.32 Å². The van der Waals surface area contributed by atoms with Crippen LogP contribution in [-0.4, -0.2) is 46.2 Å². The lowest BCUT2D eigenvalue weighted by Gasteiger charge is -2.39. The van der Waals surface area contributed by atoms with Crippen molar-refractivity contribution in [3.8, 4) is 0 Å². The summed E-state index contributed by atoms with van der Waals surface area (Å²) in [7, 11) is 0. The number of piperidine rings is 1. The van der Waals surface area contributed by atoms with Crippen LogP contribution in [0.3, 0.4) is 0 Å². The lowest BCUT2D eigenvalue weighted by atomic mass is 9.88. The first-order valence-corrected chi connectivity index (χ1v) is 8.85. The molecular weight excluding hydrogens is 319 g/mol. The van der Waals surface area contributed by atoms with Crippen LogP contribution in [-0.2, 0) is 11.3 Å². The molecular formula is C19H23FN4O. The second kappa shape index (κ2) is 7.06. The Morgan fingerprint density at radius 3 is 2.84 bits per heavy atom. The number of benzene rings is 1. The molecule has 0 unspecified atom stereocenters. The minimum atomic E-state index is -0.185. The zero-order chi connectivity index (χ0) is 17.1. The van der Waals surface area contributed by atoms with Crippen LogP contribution >= 0.6 is 0 Å². The number of halogens is 1. The predicted octanol–water partition coefficient (Wildman–Crippen LogP) is 2.85. The van der Waals surface area contributed by atoms with E-state index in [2.05, 4.69) is 20.2 Å². The van der Waals surface area contributed by atoms with Crippen molar-refractivity contribution in [2.45, 2.75) is 37.5 Å². The lowest BCUT2D eigenvalue weighted by Crippen LogP contribution is -2.47. The first-order valence-electron chi connectivity index (χ1n) is 8.85. The molecule has 0 amide bonds. The van der Waals surface area contributed by atoms with Crippen LogP contribution in [0.2, 0.25) is 0 Å². The van der Waals surface area contributed by atoms with Gasteiger partial charge >= 0.3 is 0 Å². The Bertz CT molecular complexity index is 696. The number of hydrogen-bond acceptors (Lipinski definition) is 5. The van der Waals surface area contributed by atoms with Gasteiger partial charge in [-0.25, -0.2) is 14.4 Å². The average Bonchev–Trinajstić information content (AvgIpc) is 3.00. The molecule has 25 heavy (non-hydrogen) atoms. The topological polar surface area (TPSA) is 50.3 Å². The number of anilines is 1. The molecule has 1 aromatic carbocycles. The molecule has 0 aliphatic carbocycles. The maximum Gasteiger partial charge on any atom is 0.222 e. The van der Waals surface area contributed by atoms with Gasteiger partial charge in [-0.05, 0) is 43.1 Å². The molecule has 1 aromatic heterocycles. The summed E-state index contributed by atoms with van der Waals surface area (Å²) in [6, 6.07) is 8.84. The highest BCUT2D eigenvalue weighted by atomic mass is 19.1. The van der Waals surface area contributed by atoms with Crippen LogP contribution in [0.15, 0.2) is 42.7 Å². The van der Waals surface area contributed by atoms with Gasteiger partial charge < -0.3 is 10.1 Å². The smallest absolute Gasteiger partial charge is 0.222 e. The van der Waals surface area contributed by atoms with Crippen molar-refractivity contribution in [2.24, 2.45) is 0 Å². The number of rotatable bonds is 4. The van der Waals surface area contributed by atoms with Gasteiger partial charge in [0.25, 0.3) is 0 Å². The minimum Gasteiger partial charge on any atom is -0.371 e. The zero-order valence-corrected chi connectivity index (χ0v) is 14.2. The van der Waals surface area contributed by atoms with Crippen LogP contribution in [0.5, 0.6) is 0 Å². The third-order valence-corrected chi connectivity index (χ3v) is 5.05. The van der Waals surface area contributed by atoms with E-state index in [0.717, 1.165) is 44.5 Å². The molecule has 2 aliphatic rings. The summed E-state index contributed by atoms with van der Waals surface area (Å²) in [4.78, 5) is 10.9. The van der Waals surface area contributed by atoms with E-state index in [-0.39, 0.29) is 17.5 Å². The molecule has 0 bridgehead atoms. The van der Waals surface area contributed by atoms with Gasteiger partial charge in [0.05, 0.1) is 18.2 Å². The number of nitrogens with zero attached hydrogens (tertiary/aromatic N) is 3. The molecule has 2 saturated heterocycles. The third kappa shape index (κ3) is 3.96. The van der Waals surface area contributed by atoms with Gasteiger partial charge in [0.1, 0.15) is 5.82 Å². The summed E-state index contributed by atoms with van der Waals surface area (Å²) in [5.74, 6) is 0.474. The van der Waals surface area contributed by atoms with E-state index in [9.17, 15) is 4.39 Å². The Morgan fingerprint density at radius 1 is 1.24 bits per heavy atom. The van der Waals surface area contributed by atoms with Crippen molar-refractivity contribution in [2.75, 3.05) is 25.0 Å². The van der Waals surface area contributed by atoms with E-state index in [1.807, 2.05) is 18.2 Å². The summed E-state index contributed by atoms with van der Waals surface area (Å²) in [6.07, 6.45) is 6.65. The van der Waals surface area contributed by atoms with E-state index in [4.69, 9.17) is 4.74 Å². The second-order valence-corrected chi connectivity index (χ2v) is 7.05. The average molecular weight is 342 g/mol. The molecule has 2 aliphatic heterocycles. The maximum atomic E-state index is 13.1. The Balaban J connectivity index is 1.36. The van der Waals surface area contributed by atoms with Gasteiger partial charge in [0.2, 0.25) is 5.95 Å². The van der Waals surface area contributed by atoms with E-state index in [1.165, 1.54) is 12.1 Å². The van der Waals surface area contributed by atoms with Crippen molar-refractivity contribution in [1.29, 1.82) is 0 Å². The minimum absolute atomic E-state index is 0.0925. The Kier molecular flexibility index (Phi) is 4.63. The highest BCUT2D eigenvalue weighted by Crippen LogP contribution is 2.36. The van der Waals surface area contributed by atoms with Crippen molar-refractivity contribution in [3.63, 3.8) is 0 Å². The van der Waals surface area contributed by atoms with E-state index in [0.29, 0.717) is 12.6 Å². The molecule has 132 valence electrons. The van der Waals surface area contributed by atoms with Gasteiger partial charge in [-0.2, -0.15) is 0 Å². The highest BCUT2D eigenvalue weighted by Gasteiger charge is 2.43. The first kappa shape index (κ1) is 16.4. The zero-order valence-electron chi connectivity index (χ0n) is 14.2. The van der Waals surface area contributed by atoms with Gasteiger partial charge in [0.15, 0.2) is 0 Å². The van der Waals surface area contributed by atoms with Crippen LogP contribution in [0.1, 0.15) is 24.8 Å². The Labute approximate surface area is 147 Å². The summed E-state index contributed by atoms with van der Waals surface area (Å²) in [5, 5.41) is 3.38. The van der Waals surface area contributed by atoms with Gasteiger partial charge in [0, 0.05) is 31.9 Å². The maximum absolute atomic E-state index is 13.1. The number of ether oxygens (including phenoxy) is 1. The number of likely N-dealkylation sites (tertiary alicyclic amines) is 1.